The maximum absolute atomic E-state index is 6.32. The van der Waals surface area contributed by atoms with Crippen LogP contribution < -0.4 is 4.90 Å². The predicted octanol–water partition coefficient (Wildman–Crippen LogP) is 13.7. The first-order valence-corrected chi connectivity index (χ1v) is 17.7. The fourth-order valence-electron chi connectivity index (χ4n) is 7.92. The molecule has 3 aromatic heterocycles. The van der Waals surface area contributed by atoms with Gasteiger partial charge in [0.15, 0.2) is 0 Å². The molecule has 0 unspecified atom stereocenters. The quantitative estimate of drug-likeness (QED) is 0.188. The normalized spacial score (nSPS) is 12.0. The zero-order valence-corrected chi connectivity index (χ0v) is 27.7. The number of furan rings is 1. The molecule has 11 aromatic rings. The summed E-state index contributed by atoms with van der Waals surface area (Å²) in [7, 11) is 0. The van der Waals surface area contributed by atoms with Crippen LogP contribution in [-0.4, -0.2) is 4.57 Å². The number of fused-ring (bicyclic) bond motifs is 11. The Labute approximate surface area is 291 Å². The van der Waals surface area contributed by atoms with E-state index < -0.39 is 0 Å². The molecule has 11 rings (SSSR count). The Morgan fingerprint density at radius 3 is 1.96 bits per heavy atom. The van der Waals surface area contributed by atoms with E-state index in [4.69, 9.17) is 4.42 Å². The van der Waals surface area contributed by atoms with Gasteiger partial charge in [0.05, 0.1) is 11.0 Å². The molecule has 0 aliphatic heterocycles. The van der Waals surface area contributed by atoms with Gasteiger partial charge in [0.25, 0.3) is 0 Å². The van der Waals surface area contributed by atoms with Crippen LogP contribution in [0.3, 0.4) is 0 Å². The molecule has 4 heteroatoms. The Balaban J connectivity index is 1.20. The van der Waals surface area contributed by atoms with Crippen molar-refractivity contribution in [2.75, 3.05) is 4.90 Å². The van der Waals surface area contributed by atoms with Gasteiger partial charge in [-0.25, -0.2) is 0 Å². The smallest absolute Gasteiger partial charge is 0.136 e. The molecule has 0 radical (unpaired) electrons. The lowest BCUT2D eigenvalue weighted by Gasteiger charge is -2.26. The van der Waals surface area contributed by atoms with Crippen molar-refractivity contribution in [1.29, 1.82) is 0 Å². The topological polar surface area (TPSA) is 21.3 Å². The summed E-state index contributed by atoms with van der Waals surface area (Å²) in [6.07, 6.45) is 0. The van der Waals surface area contributed by atoms with Crippen LogP contribution in [0.1, 0.15) is 0 Å². The highest BCUT2D eigenvalue weighted by Gasteiger charge is 2.20. The van der Waals surface area contributed by atoms with Gasteiger partial charge in [-0.15, -0.1) is 11.3 Å². The minimum absolute atomic E-state index is 0.905. The molecule has 0 saturated heterocycles. The molecule has 0 fully saturated rings. The van der Waals surface area contributed by atoms with Crippen molar-refractivity contribution < 1.29 is 4.42 Å². The molecule has 0 saturated carbocycles. The van der Waals surface area contributed by atoms with E-state index in [1.807, 2.05) is 17.4 Å². The number of benzene rings is 8. The molecular weight excluding hydrogens is 629 g/mol. The van der Waals surface area contributed by atoms with Crippen LogP contribution in [-0.2, 0) is 0 Å². The lowest BCUT2D eigenvalue weighted by Crippen LogP contribution is -2.10. The lowest BCUT2D eigenvalue weighted by molar-refractivity contribution is 0.669. The molecule has 8 aromatic carbocycles. The van der Waals surface area contributed by atoms with Crippen LogP contribution in [0.5, 0.6) is 0 Å². The zero-order chi connectivity index (χ0) is 32.8. The maximum atomic E-state index is 6.32. The van der Waals surface area contributed by atoms with Crippen LogP contribution in [0.15, 0.2) is 174 Å². The van der Waals surface area contributed by atoms with Gasteiger partial charge in [-0.3, -0.25) is 0 Å². The first kappa shape index (κ1) is 27.6. The molecule has 0 bridgehead atoms. The molecule has 0 atom stereocenters. The summed E-state index contributed by atoms with van der Waals surface area (Å²) in [5.74, 6) is 0. The maximum Gasteiger partial charge on any atom is 0.136 e. The molecule has 0 aliphatic rings. The Morgan fingerprint density at radius 2 is 1.06 bits per heavy atom. The Bertz CT molecular complexity index is 3110. The van der Waals surface area contributed by atoms with Crippen molar-refractivity contribution in [2.24, 2.45) is 0 Å². The molecule has 0 amide bonds. The van der Waals surface area contributed by atoms with Gasteiger partial charge in [0.1, 0.15) is 11.2 Å². The highest BCUT2D eigenvalue weighted by atomic mass is 32.1. The minimum atomic E-state index is 0.905. The molecule has 234 valence electrons. The number of hydrogen-bond donors (Lipinski definition) is 0. The largest absolute Gasteiger partial charge is 0.456 e. The van der Waals surface area contributed by atoms with E-state index in [1.54, 1.807) is 0 Å². The molecule has 3 heterocycles. The summed E-state index contributed by atoms with van der Waals surface area (Å²) in [6.45, 7) is 0. The van der Waals surface area contributed by atoms with Gasteiger partial charge < -0.3 is 13.9 Å². The molecular formula is C46H28N2OS. The number of para-hydroxylation sites is 3. The van der Waals surface area contributed by atoms with Gasteiger partial charge >= 0.3 is 0 Å². The molecule has 0 spiro atoms. The average Bonchev–Trinajstić information content (AvgIpc) is 3.84. The summed E-state index contributed by atoms with van der Waals surface area (Å²) in [5.41, 5.74) is 8.65. The fraction of sp³-hybridized carbons (Fsp3) is 0. The predicted molar refractivity (Wildman–Crippen MR) is 213 cm³/mol. The highest BCUT2D eigenvalue weighted by molar-refractivity contribution is 7.25. The first-order valence-electron chi connectivity index (χ1n) is 16.9. The second kappa shape index (κ2) is 10.6. The van der Waals surface area contributed by atoms with Crippen molar-refractivity contribution in [3.05, 3.63) is 170 Å². The number of aromatic nitrogens is 1. The second-order valence-corrected chi connectivity index (χ2v) is 14.0. The number of rotatable bonds is 4. The minimum Gasteiger partial charge on any atom is -0.456 e. The zero-order valence-electron chi connectivity index (χ0n) is 26.9. The highest BCUT2D eigenvalue weighted by Crippen LogP contribution is 2.44. The van der Waals surface area contributed by atoms with E-state index in [2.05, 4.69) is 173 Å². The van der Waals surface area contributed by atoms with Crippen LogP contribution in [0.4, 0.5) is 17.1 Å². The van der Waals surface area contributed by atoms with E-state index >= 15 is 0 Å². The van der Waals surface area contributed by atoms with Crippen molar-refractivity contribution in [3.8, 4) is 5.69 Å². The second-order valence-electron chi connectivity index (χ2n) is 12.9. The van der Waals surface area contributed by atoms with Crippen LogP contribution in [0.2, 0.25) is 0 Å². The standard InChI is InChI=1S/C46H28N2OS/c1-2-10-30(11-3-1)48-40-15-7-4-12-34(40)35-23-21-32(27-41(35)48)47(33-22-24-37-36-13-6-9-17-44(36)50-45(37)28-33)31-20-18-29-19-25-43-46(39(29)26-31)38-14-5-8-16-42(38)49-43/h1-28H. The van der Waals surface area contributed by atoms with E-state index in [9.17, 15) is 0 Å². The van der Waals surface area contributed by atoms with Crippen molar-refractivity contribution in [2.45, 2.75) is 0 Å². The number of thiophene rings is 1. The molecule has 0 N–H and O–H groups in total. The number of hydrogen-bond acceptors (Lipinski definition) is 3. The van der Waals surface area contributed by atoms with Gasteiger partial charge in [-0.1, -0.05) is 97.1 Å². The third kappa shape index (κ3) is 4.03. The summed E-state index contributed by atoms with van der Waals surface area (Å²) in [4.78, 5) is 2.41. The van der Waals surface area contributed by atoms with Crippen LogP contribution in [0.25, 0.3) is 80.4 Å². The van der Waals surface area contributed by atoms with Gasteiger partial charge in [-0.05, 0) is 83.6 Å². The Kier molecular flexibility index (Phi) is 5.83. The Hall–Kier alpha value is -6.36. The van der Waals surface area contributed by atoms with Crippen LogP contribution in [0, 0.1) is 0 Å². The third-order valence-electron chi connectivity index (χ3n) is 10.2. The van der Waals surface area contributed by atoms with E-state index in [-0.39, 0.29) is 0 Å². The molecule has 0 aliphatic carbocycles. The summed E-state index contributed by atoms with van der Waals surface area (Å²) < 4.78 is 11.3. The summed E-state index contributed by atoms with van der Waals surface area (Å²) in [6, 6.07) is 61.4. The van der Waals surface area contributed by atoms with Crippen molar-refractivity contribution in [1.82, 2.24) is 4.57 Å². The number of nitrogens with zero attached hydrogens (tertiary/aromatic N) is 2. The van der Waals surface area contributed by atoms with Gasteiger partial charge in [-0.2, -0.15) is 0 Å². The monoisotopic (exact) mass is 656 g/mol. The summed E-state index contributed by atoms with van der Waals surface area (Å²) >= 11 is 1.85. The van der Waals surface area contributed by atoms with Gasteiger partial charge in [0.2, 0.25) is 0 Å². The van der Waals surface area contributed by atoms with E-state index in [0.29, 0.717) is 0 Å². The fourth-order valence-corrected chi connectivity index (χ4v) is 9.06. The van der Waals surface area contributed by atoms with Crippen molar-refractivity contribution >= 4 is 103 Å². The lowest BCUT2D eigenvalue weighted by atomic mass is 10.0. The number of anilines is 3. The molecule has 50 heavy (non-hydrogen) atoms. The SMILES string of the molecule is c1ccc(-n2c3ccccc3c3ccc(N(c4ccc5c(c4)sc4ccccc45)c4ccc5ccc6oc7ccccc7c6c5c4)cc32)cc1. The summed E-state index contributed by atoms with van der Waals surface area (Å²) in [5, 5.41) is 9.73. The van der Waals surface area contributed by atoms with Crippen LogP contribution >= 0.6 is 11.3 Å². The van der Waals surface area contributed by atoms with Gasteiger partial charge in [0, 0.05) is 64.5 Å². The third-order valence-corrected chi connectivity index (χ3v) is 11.3. The van der Waals surface area contributed by atoms with E-state index in [0.717, 1.165) is 44.7 Å². The van der Waals surface area contributed by atoms with E-state index in [1.165, 1.54) is 52.8 Å². The first-order chi connectivity index (χ1) is 24.8. The molecule has 3 nitrogen and oxygen atoms in total. The van der Waals surface area contributed by atoms with Crippen molar-refractivity contribution in [3.63, 3.8) is 0 Å². The Morgan fingerprint density at radius 1 is 0.420 bits per heavy atom. The average molecular weight is 657 g/mol.